The van der Waals surface area contributed by atoms with Crippen molar-refractivity contribution in [2.24, 2.45) is 4.99 Å². The predicted molar refractivity (Wildman–Crippen MR) is 114 cm³/mol. The molecule has 1 aliphatic rings. The number of nitrogen functional groups attached to an aromatic ring is 1. The number of benzene rings is 2. The molecule has 0 bridgehead atoms. The lowest BCUT2D eigenvalue weighted by Gasteiger charge is -2.15. The molecule has 7 heteroatoms. The Morgan fingerprint density at radius 1 is 1.15 bits per heavy atom. The molecule has 1 aliphatic heterocycles. The lowest BCUT2D eigenvalue weighted by atomic mass is 10.1. The molecule has 1 saturated heterocycles. The van der Waals surface area contributed by atoms with Gasteiger partial charge in [-0.1, -0.05) is 30.3 Å². The number of carbonyl (C=O) groups excluding carboxylic acids is 1. The van der Waals surface area contributed by atoms with Crippen LogP contribution in [0.25, 0.3) is 5.57 Å². The molecule has 0 saturated carbocycles. The number of amides is 1. The van der Waals surface area contributed by atoms with Crippen molar-refractivity contribution in [1.29, 1.82) is 0 Å². The summed E-state index contributed by atoms with van der Waals surface area (Å²) < 4.78 is 0. The van der Waals surface area contributed by atoms with Gasteiger partial charge in [-0.3, -0.25) is 9.69 Å². The molecule has 2 aromatic carbocycles. The average molecular weight is 393 g/mol. The molecule has 2 N–H and O–H groups in total. The summed E-state index contributed by atoms with van der Waals surface area (Å²) in [6.45, 7) is 1.94. The van der Waals surface area contributed by atoms with Gasteiger partial charge in [0.1, 0.15) is 0 Å². The van der Waals surface area contributed by atoms with Gasteiger partial charge in [-0.05, 0) is 54.1 Å². The zero-order chi connectivity index (χ0) is 18.8. The molecule has 27 heavy (non-hydrogen) atoms. The van der Waals surface area contributed by atoms with Crippen LogP contribution in [0.2, 0.25) is 0 Å². The smallest absolute Gasteiger partial charge is 0.271 e. The van der Waals surface area contributed by atoms with Crippen molar-refractivity contribution in [3.63, 3.8) is 0 Å². The largest absolute Gasteiger partial charge is 0.399 e. The van der Waals surface area contributed by atoms with Crippen LogP contribution >= 0.6 is 23.1 Å². The number of anilines is 2. The van der Waals surface area contributed by atoms with Crippen molar-refractivity contribution in [2.45, 2.75) is 6.92 Å². The van der Waals surface area contributed by atoms with E-state index in [0.717, 1.165) is 16.8 Å². The number of carbonyl (C=O) groups is 1. The molecule has 1 amide bonds. The number of hydrogen-bond donors (Lipinski definition) is 1. The Labute approximate surface area is 165 Å². The summed E-state index contributed by atoms with van der Waals surface area (Å²) in [5.74, 6) is -0.0959. The first-order valence-corrected chi connectivity index (χ1v) is 9.95. The van der Waals surface area contributed by atoms with Gasteiger partial charge >= 0.3 is 0 Å². The van der Waals surface area contributed by atoms with Gasteiger partial charge in [0, 0.05) is 17.3 Å². The fraction of sp³-hybridized carbons (Fsp3) is 0.0500. The van der Waals surface area contributed by atoms with Crippen LogP contribution in [0.1, 0.15) is 12.5 Å². The second-order valence-electron chi connectivity index (χ2n) is 5.87. The number of thiazole rings is 1. The highest BCUT2D eigenvalue weighted by Gasteiger charge is 2.36. The molecule has 3 aromatic rings. The van der Waals surface area contributed by atoms with E-state index in [1.165, 1.54) is 23.1 Å². The second-order valence-corrected chi connectivity index (χ2v) is 7.72. The molecule has 2 heterocycles. The van der Waals surface area contributed by atoms with Crippen LogP contribution in [0, 0.1) is 0 Å². The number of nitrogens with two attached hydrogens (primary N) is 1. The molecule has 0 radical (unpaired) electrons. The summed E-state index contributed by atoms with van der Waals surface area (Å²) in [6.07, 6.45) is 1.70. The van der Waals surface area contributed by atoms with Gasteiger partial charge in [0.05, 0.1) is 10.6 Å². The van der Waals surface area contributed by atoms with Gasteiger partial charge in [-0.2, -0.15) is 4.99 Å². The molecule has 5 nitrogen and oxygen atoms in total. The van der Waals surface area contributed by atoms with E-state index in [0.29, 0.717) is 20.9 Å². The molecule has 134 valence electrons. The van der Waals surface area contributed by atoms with Gasteiger partial charge in [0.2, 0.25) is 5.13 Å². The highest BCUT2D eigenvalue weighted by molar-refractivity contribution is 8.19. The third-order valence-corrected chi connectivity index (χ3v) is 5.87. The number of rotatable bonds is 3. The molecule has 1 aromatic heterocycles. The molecule has 1 fully saturated rings. The summed E-state index contributed by atoms with van der Waals surface area (Å²) in [5, 5.41) is 3.08. The second kappa shape index (κ2) is 7.38. The van der Waals surface area contributed by atoms with Gasteiger partial charge in [-0.25, -0.2) is 4.98 Å². The maximum Gasteiger partial charge on any atom is 0.271 e. The molecular weight excluding hydrogens is 376 g/mol. The van der Waals surface area contributed by atoms with Gasteiger partial charge in [0.15, 0.2) is 5.17 Å². The van der Waals surface area contributed by atoms with Crippen LogP contribution in [0.3, 0.4) is 0 Å². The fourth-order valence-electron chi connectivity index (χ4n) is 2.74. The lowest BCUT2D eigenvalue weighted by Crippen LogP contribution is -2.28. The minimum absolute atomic E-state index is 0.0959. The number of nitrogens with zero attached hydrogens (tertiary/aromatic N) is 3. The number of hydrogen-bond acceptors (Lipinski definition) is 6. The third kappa shape index (κ3) is 3.51. The maximum absolute atomic E-state index is 13.3. The molecular formula is C20H16N4OS2. The average Bonchev–Trinajstić information content (AvgIpc) is 3.30. The minimum Gasteiger partial charge on any atom is -0.399 e. The van der Waals surface area contributed by atoms with E-state index in [2.05, 4.69) is 9.98 Å². The Bertz CT molecular complexity index is 1040. The fourth-order valence-corrected chi connectivity index (χ4v) is 4.35. The van der Waals surface area contributed by atoms with Gasteiger partial charge < -0.3 is 5.73 Å². The van der Waals surface area contributed by atoms with Crippen LogP contribution < -0.4 is 10.6 Å². The number of aliphatic imine (C=N–C) groups is 1. The zero-order valence-corrected chi connectivity index (χ0v) is 16.1. The molecule has 0 atom stereocenters. The van der Waals surface area contributed by atoms with E-state index >= 15 is 0 Å². The summed E-state index contributed by atoms with van der Waals surface area (Å²) in [5.41, 5.74) is 9.16. The van der Waals surface area contributed by atoms with E-state index in [4.69, 9.17) is 5.73 Å². The Hall–Kier alpha value is -2.90. The van der Waals surface area contributed by atoms with E-state index in [1.807, 2.05) is 66.9 Å². The van der Waals surface area contributed by atoms with Crippen molar-refractivity contribution in [1.82, 2.24) is 4.98 Å². The Balaban J connectivity index is 1.82. The Morgan fingerprint density at radius 2 is 1.96 bits per heavy atom. The van der Waals surface area contributed by atoms with Crippen LogP contribution in [-0.4, -0.2) is 16.1 Å². The minimum atomic E-state index is -0.0959. The summed E-state index contributed by atoms with van der Waals surface area (Å²) >= 11 is 2.79. The lowest BCUT2D eigenvalue weighted by molar-refractivity contribution is -0.113. The monoisotopic (exact) mass is 392 g/mol. The Morgan fingerprint density at radius 3 is 2.67 bits per heavy atom. The number of amidine groups is 1. The summed E-state index contributed by atoms with van der Waals surface area (Å²) in [4.78, 5) is 24.4. The van der Waals surface area contributed by atoms with E-state index in [1.54, 1.807) is 11.1 Å². The molecule has 0 unspecified atom stereocenters. The quantitative estimate of drug-likeness (QED) is 0.507. The SMILES string of the molecule is C/C(=C1/S/C(=N/c2nccs2)N(c2ccccc2)C1=O)c1cccc(N)c1. The maximum atomic E-state index is 13.3. The summed E-state index contributed by atoms with van der Waals surface area (Å²) in [6, 6.07) is 17.1. The number of aromatic nitrogens is 1. The van der Waals surface area contributed by atoms with Crippen molar-refractivity contribution >= 4 is 56.3 Å². The number of para-hydroxylation sites is 1. The van der Waals surface area contributed by atoms with Crippen LogP contribution in [-0.2, 0) is 4.79 Å². The van der Waals surface area contributed by atoms with Crippen LogP contribution in [0.4, 0.5) is 16.5 Å². The number of thioether (sulfide) groups is 1. The molecule has 4 rings (SSSR count). The first kappa shape index (κ1) is 17.5. The highest BCUT2D eigenvalue weighted by Crippen LogP contribution is 2.40. The van der Waals surface area contributed by atoms with Crippen LogP contribution in [0.15, 0.2) is 76.1 Å². The van der Waals surface area contributed by atoms with E-state index < -0.39 is 0 Å². The predicted octanol–water partition coefficient (Wildman–Crippen LogP) is 4.92. The van der Waals surface area contributed by atoms with E-state index in [9.17, 15) is 4.79 Å². The number of allylic oxidation sites excluding steroid dienone is 1. The van der Waals surface area contributed by atoms with Crippen molar-refractivity contribution < 1.29 is 4.79 Å². The Kier molecular flexibility index (Phi) is 4.79. The normalized spacial score (nSPS) is 17.6. The standard InChI is InChI=1S/C20H16N4OS2/c1-13(14-6-5-7-15(21)12-14)17-18(25)24(16-8-3-2-4-9-16)20(27-17)23-19-22-10-11-26-19/h2-12H,21H2,1H3/b17-13-,23-20+. The summed E-state index contributed by atoms with van der Waals surface area (Å²) in [7, 11) is 0. The third-order valence-electron chi connectivity index (χ3n) is 4.07. The molecule has 0 aliphatic carbocycles. The van der Waals surface area contributed by atoms with Crippen molar-refractivity contribution in [3.8, 4) is 0 Å². The first-order chi connectivity index (χ1) is 13.1. The van der Waals surface area contributed by atoms with Gasteiger partial charge in [0.25, 0.3) is 5.91 Å². The molecule has 0 spiro atoms. The highest BCUT2D eigenvalue weighted by atomic mass is 32.2. The van der Waals surface area contributed by atoms with Crippen molar-refractivity contribution in [2.75, 3.05) is 10.6 Å². The topological polar surface area (TPSA) is 71.6 Å². The first-order valence-electron chi connectivity index (χ1n) is 8.26. The zero-order valence-electron chi connectivity index (χ0n) is 14.5. The van der Waals surface area contributed by atoms with Crippen molar-refractivity contribution in [3.05, 3.63) is 76.6 Å². The van der Waals surface area contributed by atoms with Crippen LogP contribution in [0.5, 0.6) is 0 Å². The van der Waals surface area contributed by atoms with E-state index in [-0.39, 0.29) is 5.91 Å². The van der Waals surface area contributed by atoms with Gasteiger partial charge in [-0.15, -0.1) is 11.3 Å².